The van der Waals surface area contributed by atoms with Gasteiger partial charge in [0.15, 0.2) is 0 Å². The van der Waals surface area contributed by atoms with Crippen molar-refractivity contribution in [2.45, 2.75) is 44.9 Å². The molecule has 2 aromatic rings. The molecule has 208 valence electrons. The van der Waals surface area contributed by atoms with Crippen molar-refractivity contribution in [3.05, 3.63) is 89.2 Å². The molecule has 6 heteroatoms. The van der Waals surface area contributed by atoms with E-state index in [0.29, 0.717) is 44.2 Å². The predicted molar refractivity (Wildman–Crippen MR) is 156 cm³/mol. The van der Waals surface area contributed by atoms with Gasteiger partial charge in [-0.15, -0.1) is 0 Å². The zero-order valence-electron chi connectivity index (χ0n) is 23.1. The first-order chi connectivity index (χ1) is 19.6. The van der Waals surface area contributed by atoms with Gasteiger partial charge < -0.3 is 19.6 Å². The molecule has 1 saturated carbocycles. The smallest absolute Gasteiger partial charge is 0.335 e. The molecule has 2 heterocycles. The lowest BCUT2D eigenvalue weighted by atomic mass is 9.76. The molecule has 4 aliphatic rings. The number of benzene rings is 2. The summed E-state index contributed by atoms with van der Waals surface area (Å²) < 4.78 is 5.50. The first-order valence-electron chi connectivity index (χ1n) is 14.8. The van der Waals surface area contributed by atoms with E-state index in [1.807, 2.05) is 23.1 Å². The number of carboxylic acid groups (broad SMARTS) is 1. The molecule has 1 atom stereocenters. The van der Waals surface area contributed by atoms with Crippen molar-refractivity contribution in [2.75, 3.05) is 32.8 Å². The van der Waals surface area contributed by atoms with Gasteiger partial charge in [-0.1, -0.05) is 79.9 Å². The Hall–Kier alpha value is -3.64. The first-order valence-corrected chi connectivity index (χ1v) is 14.8. The Bertz CT molecular complexity index is 1330. The van der Waals surface area contributed by atoms with E-state index in [1.54, 1.807) is 0 Å². The van der Waals surface area contributed by atoms with E-state index in [9.17, 15) is 14.7 Å². The minimum atomic E-state index is -0.910. The number of carbonyl (C=O) groups is 2. The fourth-order valence-corrected chi connectivity index (χ4v) is 6.94. The highest BCUT2D eigenvalue weighted by Gasteiger charge is 2.42. The average molecular weight is 539 g/mol. The Morgan fingerprint density at radius 3 is 2.23 bits per heavy atom. The van der Waals surface area contributed by atoms with Gasteiger partial charge in [-0.2, -0.15) is 0 Å². The second-order valence-corrected chi connectivity index (χ2v) is 11.3. The molecule has 2 aromatic carbocycles. The molecule has 6 rings (SSSR count). The molecule has 1 N–H and O–H groups in total. The Morgan fingerprint density at radius 1 is 0.850 bits per heavy atom. The number of morpholine rings is 1. The molecule has 1 saturated heterocycles. The van der Waals surface area contributed by atoms with Crippen LogP contribution in [0.5, 0.6) is 0 Å². The van der Waals surface area contributed by atoms with Gasteiger partial charge in [0.1, 0.15) is 6.54 Å². The van der Waals surface area contributed by atoms with Crippen LogP contribution < -0.4 is 0 Å². The molecule has 2 fully saturated rings. The summed E-state index contributed by atoms with van der Waals surface area (Å²) in [4.78, 5) is 29.9. The predicted octanol–water partition coefficient (Wildman–Crippen LogP) is 6.12. The Morgan fingerprint density at radius 2 is 1.52 bits per heavy atom. The van der Waals surface area contributed by atoms with Gasteiger partial charge in [-0.3, -0.25) is 4.79 Å². The summed E-state index contributed by atoms with van der Waals surface area (Å²) in [5.74, 6) is -0.276. The molecule has 2 aliphatic heterocycles. The van der Waals surface area contributed by atoms with E-state index in [1.165, 1.54) is 30.4 Å². The number of fused-ring (bicyclic) bond motifs is 1. The lowest BCUT2D eigenvalue weighted by molar-refractivity contribution is -0.135. The quantitative estimate of drug-likeness (QED) is 0.480. The molecule has 1 amide bonds. The standard InChI is InChI=1S/C34H38N2O4/c37-31(35-18-20-40-21-19-35)23-36-30-22-28(34(38)39)12-7-13-29(30)32(26-10-5-2-6-11-26)33(36)27-16-14-25(15-17-27)24-8-3-1-4-9-24/h1,3-4,8-9,12,14-17,22,26,29H,2,5-7,10-11,13,18-21,23H2,(H,38,39). The van der Waals surface area contributed by atoms with Crippen molar-refractivity contribution < 1.29 is 19.4 Å². The second-order valence-electron chi connectivity index (χ2n) is 11.3. The first kappa shape index (κ1) is 26.6. The van der Waals surface area contributed by atoms with Gasteiger partial charge >= 0.3 is 5.97 Å². The Kier molecular flexibility index (Phi) is 7.87. The maximum Gasteiger partial charge on any atom is 0.335 e. The summed E-state index contributed by atoms with van der Waals surface area (Å²) in [6.45, 7) is 2.51. The highest BCUT2D eigenvalue weighted by atomic mass is 16.5. The van der Waals surface area contributed by atoms with Crippen LogP contribution in [0.15, 0.2) is 83.6 Å². The lowest BCUT2D eigenvalue weighted by Gasteiger charge is -2.31. The van der Waals surface area contributed by atoms with Crippen LogP contribution in [-0.2, 0) is 14.3 Å². The third-order valence-electron chi connectivity index (χ3n) is 8.93. The molecule has 2 aliphatic carbocycles. The van der Waals surface area contributed by atoms with Crippen LogP contribution in [0.25, 0.3) is 16.8 Å². The molecular formula is C34H38N2O4. The van der Waals surface area contributed by atoms with Crippen molar-refractivity contribution in [3.8, 4) is 11.1 Å². The summed E-state index contributed by atoms with van der Waals surface area (Å²) in [6.07, 6.45) is 11.3. The SMILES string of the molecule is O=C(O)C1=CCCC2C(=C1)N(CC(=O)N1CCOCC1)C(c1ccc(-c3ccccc3)cc1)=C2C1CCCCC1. The van der Waals surface area contributed by atoms with Crippen LogP contribution in [-0.4, -0.2) is 59.6 Å². The molecular weight excluding hydrogens is 500 g/mol. The molecule has 0 spiro atoms. The normalized spacial score (nSPS) is 21.9. The van der Waals surface area contributed by atoms with Gasteiger partial charge in [0.05, 0.1) is 18.8 Å². The van der Waals surface area contributed by atoms with Crippen LogP contribution in [0, 0.1) is 11.8 Å². The van der Waals surface area contributed by atoms with Gasteiger partial charge in [-0.25, -0.2) is 4.79 Å². The maximum atomic E-state index is 13.7. The van der Waals surface area contributed by atoms with Crippen LogP contribution in [0.3, 0.4) is 0 Å². The van der Waals surface area contributed by atoms with E-state index in [2.05, 4.69) is 53.4 Å². The summed E-state index contributed by atoms with van der Waals surface area (Å²) in [5.41, 5.74) is 7.25. The van der Waals surface area contributed by atoms with Gasteiger partial charge in [0.2, 0.25) is 5.91 Å². The number of carboxylic acids is 1. The number of nitrogens with zero attached hydrogens (tertiary/aromatic N) is 2. The second kappa shape index (κ2) is 11.8. The lowest BCUT2D eigenvalue weighted by Crippen LogP contribution is -2.45. The number of ether oxygens (including phenoxy) is 1. The monoisotopic (exact) mass is 538 g/mol. The highest BCUT2D eigenvalue weighted by molar-refractivity contribution is 5.91. The van der Waals surface area contributed by atoms with E-state index in [4.69, 9.17) is 4.74 Å². The molecule has 0 radical (unpaired) electrons. The fraction of sp³-hybridized carbons (Fsp3) is 0.412. The van der Waals surface area contributed by atoms with Crippen molar-refractivity contribution in [3.63, 3.8) is 0 Å². The van der Waals surface area contributed by atoms with Crippen LogP contribution in [0.1, 0.15) is 50.5 Å². The van der Waals surface area contributed by atoms with Crippen molar-refractivity contribution in [2.24, 2.45) is 11.8 Å². The van der Waals surface area contributed by atoms with Crippen LogP contribution in [0.2, 0.25) is 0 Å². The van der Waals surface area contributed by atoms with Crippen molar-refractivity contribution in [1.82, 2.24) is 9.80 Å². The van der Waals surface area contributed by atoms with Crippen molar-refractivity contribution in [1.29, 1.82) is 0 Å². The number of aliphatic carboxylic acids is 1. The Balaban J connectivity index is 1.46. The number of allylic oxidation sites excluding steroid dienone is 2. The largest absolute Gasteiger partial charge is 0.478 e. The summed E-state index contributed by atoms with van der Waals surface area (Å²) in [7, 11) is 0. The number of rotatable bonds is 6. The highest BCUT2D eigenvalue weighted by Crippen LogP contribution is 2.51. The minimum Gasteiger partial charge on any atom is -0.478 e. The molecule has 1 unspecified atom stereocenters. The zero-order chi connectivity index (χ0) is 27.5. The summed E-state index contributed by atoms with van der Waals surface area (Å²) in [5, 5.41) is 9.96. The van der Waals surface area contributed by atoms with E-state index in [-0.39, 0.29) is 18.4 Å². The molecule has 0 aromatic heterocycles. The minimum absolute atomic E-state index is 0.0661. The molecule has 0 bridgehead atoms. The van der Waals surface area contributed by atoms with Crippen LogP contribution in [0.4, 0.5) is 0 Å². The number of hydrogen-bond acceptors (Lipinski definition) is 4. The maximum absolute atomic E-state index is 13.7. The number of carbonyl (C=O) groups excluding carboxylic acids is 1. The van der Waals surface area contributed by atoms with E-state index < -0.39 is 5.97 Å². The number of hydrogen-bond donors (Lipinski definition) is 1. The van der Waals surface area contributed by atoms with Crippen molar-refractivity contribution >= 4 is 17.6 Å². The molecule has 6 nitrogen and oxygen atoms in total. The molecule has 40 heavy (non-hydrogen) atoms. The fourth-order valence-electron chi connectivity index (χ4n) is 6.94. The van der Waals surface area contributed by atoms with Gasteiger partial charge in [0, 0.05) is 30.4 Å². The zero-order valence-corrected chi connectivity index (χ0v) is 23.1. The topological polar surface area (TPSA) is 70.1 Å². The third kappa shape index (κ3) is 5.37. The summed E-state index contributed by atoms with van der Waals surface area (Å²) >= 11 is 0. The average Bonchev–Trinajstić information content (AvgIpc) is 3.14. The Labute approximate surface area is 236 Å². The van der Waals surface area contributed by atoms with E-state index in [0.717, 1.165) is 41.8 Å². The third-order valence-corrected chi connectivity index (χ3v) is 8.93. The summed E-state index contributed by atoms with van der Waals surface area (Å²) in [6, 6.07) is 19.1. The van der Waals surface area contributed by atoms with Gasteiger partial charge in [-0.05, 0) is 59.9 Å². The van der Waals surface area contributed by atoms with Gasteiger partial charge in [0.25, 0.3) is 0 Å². The van der Waals surface area contributed by atoms with Crippen LogP contribution >= 0.6 is 0 Å². The van der Waals surface area contributed by atoms with E-state index >= 15 is 0 Å². The number of amides is 1.